The number of rotatable bonds is 4. The molecule has 130 valence electrons. The normalized spacial score (nSPS) is 11.6. The molecule has 0 unspecified atom stereocenters. The summed E-state index contributed by atoms with van der Waals surface area (Å²) in [7, 11) is 0. The molecule has 0 N–H and O–H groups in total. The van der Waals surface area contributed by atoms with Crippen LogP contribution in [-0.4, -0.2) is 12.7 Å². The van der Waals surface area contributed by atoms with E-state index in [1.54, 1.807) is 12.1 Å². The minimum Gasteiger partial charge on any atom is -0.401 e. The van der Waals surface area contributed by atoms with Crippen LogP contribution in [0.1, 0.15) is 11.1 Å². The van der Waals surface area contributed by atoms with Gasteiger partial charge in [-0.05, 0) is 43.0 Å². The smallest absolute Gasteiger partial charge is 0.401 e. The lowest BCUT2D eigenvalue weighted by atomic mass is 10.0. The van der Waals surface area contributed by atoms with Gasteiger partial charge in [0.05, 0.1) is 33.9 Å². The van der Waals surface area contributed by atoms with Crippen molar-refractivity contribution in [1.29, 1.82) is 10.5 Å². The first-order valence-electron chi connectivity index (χ1n) is 5.69. The Hall–Kier alpha value is -1.66. The number of hydrogen-bond donors (Lipinski definition) is 0. The Bertz CT molecular complexity index is 658. The molecule has 0 aliphatic carbocycles. The van der Waals surface area contributed by atoms with Gasteiger partial charge in [0.1, 0.15) is 0 Å². The third kappa shape index (κ3) is 5.18. The average Bonchev–Trinajstić information content (AvgIpc) is 2.41. The van der Waals surface area contributed by atoms with E-state index in [0.717, 1.165) is 0 Å². The van der Waals surface area contributed by atoms with Gasteiger partial charge >= 0.3 is 12.7 Å². The summed E-state index contributed by atoms with van der Waals surface area (Å²) < 4.78 is 81.2. The van der Waals surface area contributed by atoms with Crippen molar-refractivity contribution in [1.82, 2.24) is 0 Å². The van der Waals surface area contributed by atoms with Gasteiger partial charge in [-0.1, -0.05) is 0 Å². The summed E-state index contributed by atoms with van der Waals surface area (Å²) in [5.74, 6) is -2.61. The predicted octanol–water partition coefficient (Wildman–Crippen LogP) is 5.14. The highest BCUT2D eigenvalue weighted by molar-refractivity contribution is 9.11. The van der Waals surface area contributed by atoms with E-state index in [9.17, 15) is 26.3 Å². The topological polar surface area (TPSA) is 66.0 Å². The highest BCUT2D eigenvalue weighted by Gasteiger charge is 2.40. The fourth-order valence-electron chi connectivity index (χ4n) is 1.68. The Morgan fingerprint density at radius 2 is 1.04 bits per heavy atom. The molecule has 1 aromatic carbocycles. The van der Waals surface area contributed by atoms with Gasteiger partial charge in [0.15, 0.2) is 11.5 Å². The van der Waals surface area contributed by atoms with Gasteiger partial charge in [0, 0.05) is 0 Å². The maximum absolute atomic E-state index is 12.5. The van der Waals surface area contributed by atoms with Crippen LogP contribution >= 0.6 is 31.9 Å². The Morgan fingerprint density at radius 1 is 0.750 bits per heavy atom. The van der Waals surface area contributed by atoms with Crippen LogP contribution in [0, 0.1) is 22.7 Å². The van der Waals surface area contributed by atoms with Gasteiger partial charge < -0.3 is 9.47 Å². The lowest BCUT2D eigenvalue weighted by Gasteiger charge is -2.21. The summed E-state index contributed by atoms with van der Waals surface area (Å²) >= 11 is 5.39. The van der Waals surface area contributed by atoms with Crippen LogP contribution in [0.15, 0.2) is 8.95 Å². The number of benzene rings is 1. The van der Waals surface area contributed by atoms with Crippen LogP contribution in [0.4, 0.5) is 26.3 Å². The van der Waals surface area contributed by atoms with Crippen LogP contribution in [0.3, 0.4) is 0 Å². The zero-order valence-corrected chi connectivity index (χ0v) is 14.3. The molecule has 0 atom stereocenters. The lowest BCUT2D eigenvalue weighted by molar-refractivity contribution is -0.287. The van der Waals surface area contributed by atoms with E-state index in [-0.39, 0.29) is 11.1 Å². The van der Waals surface area contributed by atoms with Crippen molar-refractivity contribution in [3.05, 3.63) is 20.1 Å². The summed E-state index contributed by atoms with van der Waals surface area (Å²) in [5, 5.41) is 17.5. The molecule has 1 rings (SSSR count). The van der Waals surface area contributed by atoms with E-state index in [4.69, 9.17) is 10.5 Å². The third-order valence-electron chi connectivity index (χ3n) is 2.45. The molecule has 12 heteroatoms. The zero-order valence-electron chi connectivity index (χ0n) is 11.1. The average molecular weight is 482 g/mol. The molecule has 1 aromatic rings. The van der Waals surface area contributed by atoms with E-state index in [0.29, 0.717) is 0 Å². The Kier molecular flexibility index (Phi) is 6.36. The van der Waals surface area contributed by atoms with Gasteiger partial charge in [-0.15, -0.1) is 26.3 Å². The van der Waals surface area contributed by atoms with Gasteiger partial charge in [-0.2, -0.15) is 10.5 Å². The molecule has 0 amide bonds. The molecule has 4 nitrogen and oxygen atoms in total. The number of halogens is 8. The first kappa shape index (κ1) is 20.4. The first-order chi connectivity index (χ1) is 10.9. The van der Waals surface area contributed by atoms with Crippen molar-refractivity contribution >= 4 is 31.9 Å². The van der Waals surface area contributed by atoms with Gasteiger partial charge in [-0.3, -0.25) is 0 Å². The van der Waals surface area contributed by atoms with E-state index in [1.165, 1.54) is 0 Å². The van der Waals surface area contributed by atoms with E-state index in [1.807, 2.05) is 0 Å². The Balaban J connectivity index is 3.76. The van der Waals surface area contributed by atoms with Crippen LogP contribution < -0.4 is 9.47 Å². The van der Waals surface area contributed by atoms with Crippen molar-refractivity contribution in [2.45, 2.75) is 25.6 Å². The maximum atomic E-state index is 12.5. The van der Waals surface area contributed by atoms with Crippen molar-refractivity contribution in [2.24, 2.45) is 0 Å². The summed E-state index contributed by atoms with van der Waals surface area (Å²) in [6, 6.07) is 3.30. The van der Waals surface area contributed by atoms with Crippen LogP contribution in [-0.2, 0) is 12.8 Å². The van der Waals surface area contributed by atoms with Crippen molar-refractivity contribution < 1.29 is 35.8 Å². The minimum atomic E-state index is -5.31. The lowest BCUT2D eigenvalue weighted by Crippen LogP contribution is -2.22. The SMILES string of the molecule is N#CCc1c(Br)c(OC(F)(F)F)c(OC(F)(F)F)c(Br)c1CC#N. The van der Waals surface area contributed by atoms with Crippen molar-refractivity contribution in [3.8, 4) is 23.6 Å². The highest BCUT2D eigenvalue weighted by atomic mass is 79.9. The molecule has 0 saturated carbocycles. The van der Waals surface area contributed by atoms with E-state index in [2.05, 4.69) is 41.3 Å². The predicted molar refractivity (Wildman–Crippen MR) is 73.8 cm³/mol. The molecule has 0 saturated heterocycles. The molecule has 0 aromatic heterocycles. The van der Waals surface area contributed by atoms with Crippen LogP contribution in [0.25, 0.3) is 0 Å². The fraction of sp³-hybridized carbons (Fsp3) is 0.333. The van der Waals surface area contributed by atoms with Gasteiger partial charge in [0.2, 0.25) is 0 Å². The standard InChI is InChI=1S/C12H4Br2F6N2O2/c13-7-5(1-3-21)6(2-4-22)8(14)10(24-12(18,19)20)9(7)23-11(15,16)17/h1-2H2. The molecule has 0 fully saturated rings. The van der Waals surface area contributed by atoms with Crippen molar-refractivity contribution in [2.75, 3.05) is 0 Å². The van der Waals surface area contributed by atoms with Crippen LogP contribution in [0.5, 0.6) is 11.5 Å². The van der Waals surface area contributed by atoms with E-state index < -0.39 is 46.0 Å². The second kappa shape index (κ2) is 7.49. The summed E-state index contributed by atoms with van der Waals surface area (Å²) in [4.78, 5) is 0. The Labute approximate surface area is 147 Å². The molecule has 0 spiro atoms. The number of alkyl halides is 6. The molecule has 0 aliphatic rings. The monoisotopic (exact) mass is 480 g/mol. The summed E-state index contributed by atoms with van der Waals surface area (Å²) in [5.41, 5.74) is -0.251. The zero-order chi connectivity index (χ0) is 18.7. The van der Waals surface area contributed by atoms with Gasteiger partial charge in [0.25, 0.3) is 0 Å². The fourth-order valence-corrected chi connectivity index (χ4v) is 2.96. The quantitative estimate of drug-likeness (QED) is 0.558. The van der Waals surface area contributed by atoms with E-state index >= 15 is 0 Å². The number of ether oxygens (including phenoxy) is 2. The number of nitrogens with zero attached hydrogens (tertiary/aromatic N) is 2. The number of hydrogen-bond acceptors (Lipinski definition) is 4. The summed E-state index contributed by atoms with van der Waals surface area (Å²) in [6.07, 6.45) is -11.6. The van der Waals surface area contributed by atoms with Crippen molar-refractivity contribution in [3.63, 3.8) is 0 Å². The molecule has 0 heterocycles. The molecular formula is C12H4Br2F6N2O2. The molecule has 24 heavy (non-hydrogen) atoms. The molecular weight excluding hydrogens is 478 g/mol. The largest absolute Gasteiger partial charge is 0.573 e. The maximum Gasteiger partial charge on any atom is 0.573 e. The number of nitriles is 2. The third-order valence-corrected chi connectivity index (χ3v) is 4.12. The molecule has 0 radical (unpaired) electrons. The highest BCUT2D eigenvalue weighted by Crippen LogP contribution is 2.49. The minimum absolute atomic E-state index is 0.125. The molecule has 0 aliphatic heterocycles. The molecule has 0 bridgehead atoms. The van der Waals surface area contributed by atoms with Crippen LogP contribution in [0.2, 0.25) is 0 Å². The second-order valence-electron chi connectivity index (χ2n) is 4.01. The Morgan fingerprint density at radius 3 is 1.25 bits per heavy atom. The first-order valence-corrected chi connectivity index (χ1v) is 7.28. The van der Waals surface area contributed by atoms with Gasteiger partial charge in [-0.25, -0.2) is 0 Å². The second-order valence-corrected chi connectivity index (χ2v) is 5.59. The summed E-state index contributed by atoms with van der Waals surface area (Å²) in [6.45, 7) is 0.